The fraction of sp³-hybridized carbons (Fsp3) is 0.447. The summed E-state index contributed by atoms with van der Waals surface area (Å²) in [5, 5.41) is 28.2. The zero-order valence-corrected chi connectivity index (χ0v) is 34.5. The van der Waals surface area contributed by atoms with Gasteiger partial charge in [-0.05, 0) is 66.7 Å². The molecular formula is C47H49NO13. The number of aliphatic hydroxyl groups excluding tert-OH is 1. The first-order valence-electron chi connectivity index (χ1n) is 20.5. The smallest absolute Gasteiger partial charge is 0.338 e. The number of Topliss-reactive ketones (excluding diaryl/α,β-unsaturated/α-hetero) is 1. The number of aliphatic hydroxyl groups is 2. The maximum atomic E-state index is 15.5. The number of carbonyl (C=O) groups excluding carboxylic acids is 6. The van der Waals surface area contributed by atoms with Crippen LogP contribution in [0.1, 0.15) is 86.2 Å². The van der Waals surface area contributed by atoms with Gasteiger partial charge < -0.3 is 39.2 Å². The van der Waals surface area contributed by atoms with Gasteiger partial charge in [0.1, 0.15) is 23.9 Å². The molecule has 320 valence electrons. The molecule has 2 unspecified atom stereocenters. The lowest BCUT2D eigenvalue weighted by atomic mass is 9.48. The van der Waals surface area contributed by atoms with E-state index in [1.807, 2.05) is 0 Å². The molecule has 1 aliphatic heterocycles. The molecule has 1 heterocycles. The third kappa shape index (κ3) is 6.75. The molecule has 5 aliphatic rings. The van der Waals surface area contributed by atoms with Crippen LogP contribution in [0.5, 0.6) is 0 Å². The van der Waals surface area contributed by atoms with Crippen molar-refractivity contribution in [3.8, 4) is 0 Å². The number of fused-ring (bicyclic) bond motifs is 4. The van der Waals surface area contributed by atoms with Crippen LogP contribution in [0.2, 0.25) is 0 Å². The Kier molecular flexibility index (Phi) is 10.6. The van der Waals surface area contributed by atoms with Crippen LogP contribution in [-0.4, -0.2) is 94.1 Å². The highest BCUT2D eigenvalue weighted by Gasteiger charge is 2.84. The molecular weight excluding hydrogens is 787 g/mol. The summed E-state index contributed by atoms with van der Waals surface area (Å²) < 4.78 is 30.7. The van der Waals surface area contributed by atoms with E-state index in [9.17, 15) is 34.2 Å². The molecule has 8 rings (SSSR count). The van der Waals surface area contributed by atoms with Crippen molar-refractivity contribution in [3.63, 3.8) is 0 Å². The molecule has 61 heavy (non-hydrogen) atoms. The summed E-state index contributed by atoms with van der Waals surface area (Å²) in [6.07, 6.45) is -7.19. The molecule has 3 N–H and O–H groups in total. The molecule has 4 aliphatic carbocycles. The highest BCUT2D eigenvalue weighted by molar-refractivity contribution is 5.98. The Balaban J connectivity index is 1.26. The van der Waals surface area contributed by atoms with Gasteiger partial charge in [0.15, 0.2) is 23.6 Å². The number of nitrogens with one attached hydrogen (secondary N) is 1. The van der Waals surface area contributed by atoms with Crippen LogP contribution in [0.25, 0.3) is 0 Å². The van der Waals surface area contributed by atoms with Crippen LogP contribution in [-0.2, 0) is 42.9 Å². The maximum absolute atomic E-state index is 15.5. The Labute approximate surface area is 352 Å². The minimum atomic E-state index is -2.24. The van der Waals surface area contributed by atoms with Gasteiger partial charge in [-0.1, -0.05) is 80.6 Å². The minimum absolute atomic E-state index is 0.137. The van der Waals surface area contributed by atoms with Crippen LogP contribution in [0.3, 0.4) is 0 Å². The SMILES string of the molecule is CC(=O)O[C@H]1C(=O)[C@]23C[C@H]2C[C@H]2OC[C@@]2(OC(C)=O)C3C(OC(=O)c2ccccc2)[C@]2(O)C[C@H](OC(=O)[C@H](O)[C@@H](NC(=O)c3ccccc3)c3ccccc3)C(C)=C1C2(C)C. The standard InChI is InChI=1S/C47H49NO13/c1-25-32(59-43(55)36(51)35(28-15-9-6-10-16-28)48-41(53)29-17-11-7-12-18-29)23-47(56)40(60-42(54)30-19-13-8-14-20-30)38-45(39(52)37(58-26(2)49)34(25)44(47,4)5)22-31(45)21-33-46(38,24-57-33)61-27(3)50/h6-20,31-33,35-38,40,51,56H,21-24H2,1-5H3,(H,48,53)/t31-,32+,33-,35+,36-,37-,38?,40?,45-,46+,47-/m1/s1. The topological polar surface area (TPSA) is 201 Å². The van der Waals surface area contributed by atoms with Crippen molar-refractivity contribution >= 4 is 35.6 Å². The quantitative estimate of drug-likeness (QED) is 0.148. The van der Waals surface area contributed by atoms with Crippen LogP contribution < -0.4 is 5.32 Å². The summed E-state index contributed by atoms with van der Waals surface area (Å²) in [4.78, 5) is 83.4. The first-order chi connectivity index (χ1) is 29.0. The van der Waals surface area contributed by atoms with Gasteiger partial charge in [0.2, 0.25) is 0 Å². The van der Waals surface area contributed by atoms with E-state index in [0.29, 0.717) is 12.0 Å². The van der Waals surface area contributed by atoms with Gasteiger partial charge >= 0.3 is 23.9 Å². The molecule has 3 saturated carbocycles. The summed E-state index contributed by atoms with van der Waals surface area (Å²) in [6, 6.07) is 23.4. The molecule has 3 aromatic rings. The molecule has 4 fully saturated rings. The summed E-state index contributed by atoms with van der Waals surface area (Å²) in [5.41, 5.74) is -5.51. The lowest BCUT2D eigenvalue weighted by molar-refractivity contribution is -0.323. The average molecular weight is 836 g/mol. The lowest BCUT2D eigenvalue weighted by Gasteiger charge is -2.64. The Morgan fingerprint density at radius 2 is 1.43 bits per heavy atom. The molecule has 2 bridgehead atoms. The van der Waals surface area contributed by atoms with E-state index >= 15 is 4.79 Å². The second kappa shape index (κ2) is 15.3. The Hall–Kier alpha value is -5.70. The fourth-order valence-corrected chi connectivity index (χ4v) is 10.8. The van der Waals surface area contributed by atoms with Crippen LogP contribution in [0.15, 0.2) is 102 Å². The zero-order valence-electron chi connectivity index (χ0n) is 34.5. The van der Waals surface area contributed by atoms with Gasteiger partial charge in [-0.2, -0.15) is 0 Å². The highest BCUT2D eigenvalue weighted by atomic mass is 16.6. The van der Waals surface area contributed by atoms with Crippen molar-refractivity contribution < 1.29 is 62.7 Å². The number of ether oxygens (including phenoxy) is 5. The molecule has 1 saturated heterocycles. The zero-order chi connectivity index (χ0) is 43.6. The summed E-state index contributed by atoms with van der Waals surface area (Å²) in [6.45, 7) is 7.08. The van der Waals surface area contributed by atoms with E-state index in [1.54, 1.807) is 99.6 Å². The normalized spacial score (nSPS) is 32.7. The van der Waals surface area contributed by atoms with Gasteiger partial charge in [-0.25, -0.2) is 9.59 Å². The number of rotatable bonds is 10. The first-order valence-corrected chi connectivity index (χ1v) is 20.5. The van der Waals surface area contributed by atoms with Crippen LogP contribution in [0, 0.1) is 22.7 Å². The van der Waals surface area contributed by atoms with Gasteiger partial charge in [-0.15, -0.1) is 0 Å². The van der Waals surface area contributed by atoms with Crippen molar-refractivity contribution in [2.24, 2.45) is 22.7 Å². The number of amides is 1. The molecule has 14 nitrogen and oxygen atoms in total. The summed E-state index contributed by atoms with van der Waals surface area (Å²) >= 11 is 0. The number of benzene rings is 3. The third-order valence-corrected chi connectivity index (χ3v) is 13.8. The first kappa shape index (κ1) is 42.0. The monoisotopic (exact) mass is 835 g/mol. The fourth-order valence-electron chi connectivity index (χ4n) is 10.8. The Morgan fingerprint density at radius 3 is 2.00 bits per heavy atom. The molecule has 3 aromatic carbocycles. The van der Waals surface area contributed by atoms with E-state index in [1.165, 1.54) is 19.1 Å². The van der Waals surface area contributed by atoms with Crippen molar-refractivity contribution in [1.82, 2.24) is 5.32 Å². The number of hydrogen-bond donors (Lipinski definition) is 3. The maximum Gasteiger partial charge on any atom is 0.338 e. The van der Waals surface area contributed by atoms with E-state index in [0.717, 1.165) is 6.92 Å². The van der Waals surface area contributed by atoms with E-state index < -0.39 is 107 Å². The van der Waals surface area contributed by atoms with Crippen molar-refractivity contribution in [2.75, 3.05) is 6.61 Å². The number of carbonyl (C=O) groups is 6. The second-order valence-corrected chi connectivity index (χ2v) is 17.5. The molecule has 1 spiro atoms. The van der Waals surface area contributed by atoms with Gasteiger partial charge in [0.25, 0.3) is 5.91 Å². The lowest BCUT2D eigenvalue weighted by Crippen LogP contribution is -2.78. The highest BCUT2D eigenvalue weighted by Crippen LogP contribution is 2.74. The average Bonchev–Trinajstić information content (AvgIpc) is 3.96. The van der Waals surface area contributed by atoms with Gasteiger partial charge in [0, 0.05) is 36.7 Å². The minimum Gasteiger partial charge on any atom is -0.456 e. The van der Waals surface area contributed by atoms with Crippen molar-refractivity contribution in [2.45, 2.75) is 102 Å². The summed E-state index contributed by atoms with van der Waals surface area (Å²) in [5.74, 6) is -6.16. The molecule has 1 amide bonds. The van der Waals surface area contributed by atoms with Crippen molar-refractivity contribution in [3.05, 3.63) is 119 Å². The summed E-state index contributed by atoms with van der Waals surface area (Å²) in [7, 11) is 0. The van der Waals surface area contributed by atoms with E-state index in [2.05, 4.69) is 5.32 Å². The predicted octanol–water partition coefficient (Wildman–Crippen LogP) is 4.37. The third-order valence-electron chi connectivity index (χ3n) is 13.8. The molecule has 14 heteroatoms. The van der Waals surface area contributed by atoms with Crippen LogP contribution in [0.4, 0.5) is 0 Å². The van der Waals surface area contributed by atoms with E-state index in [-0.39, 0.29) is 41.2 Å². The molecule has 0 aromatic heterocycles. The van der Waals surface area contributed by atoms with Crippen molar-refractivity contribution in [1.29, 1.82) is 0 Å². The number of esters is 4. The Morgan fingerprint density at radius 1 is 0.820 bits per heavy atom. The largest absolute Gasteiger partial charge is 0.456 e. The van der Waals surface area contributed by atoms with E-state index in [4.69, 9.17) is 23.7 Å². The van der Waals surface area contributed by atoms with Gasteiger partial charge in [-0.3, -0.25) is 19.2 Å². The number of hydrogen-bond acceptors (Lipinski definition) is 13. The Bertz CT molecular complexity index is 2300. The second-order valence-electron chi connectivity index (χ2n) is 17.5. The van der Waals surface area contributed by atoms with Crippen LogP contribution >= 0.6 is 0 Å². The van der Waals surface area contributed by atoms with Gasteiger partial charge in [0.05, 0.1) is 24.1 Å². The number of ketones is 1. The molecule has 0 radical (unpaired) electrons. The predicted molar refractivity (Wildman–Crippen MR) is 214 cm³/mol. The molecule has 11 atom stereocenters.